The fourth-order valence-electron chi connectivity index (χ4n) is 2.21. The number of hydrogen-bond donors (Lipinski definition) is 2. The SMILES string of the molecule is CC(C(=O)NC1CCSC1)N1CCNCC1. The van der Waals surface area contributed by atoms with E-state index in [1.807, 2.05) is 18.7 Å². The molecule has 0 aromatic rings. The predicted octanol–water partition coefficient (Wildman–Crippen LogP) is -0.0982. The quantitative estimate of drug-likeness (QED) is 0.727. The first-order valence-electron chi connectivity index (χ1n) is 6.10. The van der Waals surface area contributed by atoms with Gasteiger partial charge in [0.05, 0.1) is 6.04 Å². The Labute approximate surface area is 102 Å². The Morgan fingerprint density at radius 1 is 1.50 bits per heavy atom. The molecule has 1 amide bonds. The van der Waals surface area contributed by atoms with Crippen molar-refractivity contribution >= 4 is 17.7 Å². The molecular weight excluding hydrogens is 222 g/mol. The molecule has 2 unspecified atom stereocenters. The monoisotopic (exact) mass is 243 g/mol. The Hall–Kier alpha value is -0.260. The Morgan fingerprint density at radius 2 is 2.25 bits per heavy atom. The van der Waals surface area contributed by atoms with Crippen LogP contribution in [0.25, 0.3) is 0 Å². The number of carbonyl (C=O) groups is 1. The molecular formula is C11H21N3OS. The minimum atomic E-state index is 0.0210. The number of rotatable bonds is 3. The summed E-state index contributed by atoms with van der Waals surface area (Å²) in [6.07, 6.45) is 1.13. The summed E-state index contributed by atoms with van der Waals surface area (Å²) >= 11 is 1.93. The molecule has 2 N–H and O–H groups in total. The van der Waals surface area contributed by atoms with Crippen LogP contribution >= 0.6 is 11.8 Å². The van der Waals surface area contributed by atoms with Gasteiger partial charge in [-0.15, -0.1) is 0 Å². The minimum absolute atomic E-state index is 0.0210. The van der Waals surface area contributed by atoms with Crippen molar-refractivity contribution in [2.24, 2.45) is 0 Å². The van der Waals surface area contributed by atoms with Crippen molar-refractivity contribution in [2.75, 3.05) is 37.7 Å². The molecule has 2 aliphatic rings. The van der Waals surface area contributed by atoms with Crippen LogP contribution in [0.5, 0.6) is 0 Å². The summed E-state index contributed by atoms with van der Waals surface area (Å²) in [5.41, 5.74) is 0. The Balaban J connectivity index is 1.78. The van der Waals surface area contributed by atoms with Gasteiger partial charge >= 0.3 is 0 Å². The first-order chi connectivity index (χ1) is 7.77. The summed E-state index contributed by atoms with van der Waals surface area (Å²) in [7, 11) is 0. The maximum Gasteiger partial charge on any atom is 0.237 e. The zero-order valence-electron chi connectivity index (χ0n) is 9.87. The second-order valence-corrected chi connectivity index (χ2v) is 5.68. The molecule has 2 atom stereocenters. The van der Waals surface area contributed by atoms with Crippen LogP contribution < -0.4 is 10.6 Å². The number of thioether (sulfide) groups is 1. The van der Waals surface area contributed by atoms with Gasteiger partial charge in [0, 0.05) is 38.0 Å². The summed E-state index contributed by atoms with van der Waals surface area (Å²) in [5, 5.41) is 6.46. The van der Waals surface area contributed by atoms with Crippen LogP contribution in [0.4, 0.5) is 0 Å². The van der Waals surface area contributed by atoms with Crippen LogP contribution in [0.1, 0.15) is 13.3 Å². The summed E-state index contributed by atoms with van der Waals surface area (Å²) in [4.78, 5) is 14.3. The maximum absolute atomic E-state index is 12.0. The van der Waals surface area contributed by atoms with E-state index >= 15 is 0 Å². The van der Waals surface area contributed by atoms with Gasteiger partial charge < -0.3 is 10.6 Å². The molecule has 2 fully saturated rings. The number of piperazine rings is 1. The van der Waals surface area contributed by atoms with Crippen LogP contribution in [0.15, 0.2) is 0 Å². The summed E-state index contributed by atoms with van der Waals surface area (Å²) in [5.74, 6) is 2.47. The molecule has 4 nitrogen and oxygen atoms in total. The highest BCUT2D eigenvalue weighted by Gasteiger charge is 2.25. The molecule has 0 aromatic heterocycles. The fourth-order valence-corrected chi connectivity index (χ4v) is 3.36. The largest absolute Gasteiger partial charge is 0.351 e. The summed E-state index contributed by atoms with van der Waals surface area (Å²) < 4.78 is 0. The van der Waals surface area contributed by atoms with Crippen LogP contribution in [0.3, 0.4) is 0 Å². The minimum Gasteiger partial charge on any atom is -0.351 e. The van der Waals surface area contributed by atoms with Gasteiger partial charge in [-0.05, 0) is 19.1 Å². The van der Waals surface area contributed by atoms with Crippen LogP contribution in [-0.2, 0) is 4.79 Å². The van der Waals surface area contributed by atoms with E-state index in [9.17, 15) is 4.79 Å². The van der Waals surface area contributed by atoms with E-state index in [1.165, 1.54) is 5.75 Å². The third-order valence-corrected chi connectivity index (χ3v) is 4.52. The first kappa shape index (κ1) is 12.2. The smallest absolute Gasteiger partial charge is 0.237 e. The third kappa shape index (κ3) is 3.12. The van der Waals surface area contributed by atoms with E-state index in [4.69, 9.17) is 0 Å². The standard InChI is InChI=1S/C11H21N3OS/c1-9(14-5-3-12-4-6-14)11(15)13-10-2-7-16-8-10/h9-10,12H,2-8H2,1H3,(H,13,15). The highest BCUT2D eigenvalue weighted by Crippen LogP contribution is 2.17. The van der Waals surface area contributed by atoms with E-state index < -0.39 is 0 Å². The summed E-state index contributed by atoms with van der Waals surface area (Å²) in [6, 6.07) is 0.426. The van der Waals surface area contributed by atoms with Crippen molar-refractivity contribution < 1.29 is 4.79 Å². The molecule has 0 aliphatic carbocycles. The Morgan fingerprint density at radius 3 is 2.88 bits per heavy atom. The molecule has 2 rings (SSSR count). The van der Waals surface area contributed by atoms with E-state index in [-0.39, 0.29) is 11.9 Å². The van der Waals surface area contributed by atoms with Gasteiger partial charge in [-0.3, -0.25) is 9.69 Å². The molecule has 2 saturated heterocycles. The van der Waals surface area contributed by atoms with Crippen molar-refractivity contribution in [3.63, 3.8) is 0 Å². The van der Waals surface area contributed by atoms with Crippen molar-refractivity contribution in [3.8, 4) is 0 Å². The molecule has 0 spiro atoms. The number of amides is 1. The van der Waals surface area contributed by atoms with Crippen LogP contribution in [-0.4, -0.2) is 60.6 Å². The lowest BCUT2D eigenvalue weighted by Crippen LogP contribution is -2.54. The number of carbonyl (C=O) groups excluding carboxylic acids is 1. The van der Waals surface area contributed by atoms with Crippen molar-refractivity contribution in [1.82, 2.24) is 15.5 Å². The summed E-state index contributed by atoms with van der Waals surface area (Å²) in [6.45, 7) is 5.97. The lowest BCUT2D eigenvalue weighted by Gasteiger charge is -2.32. The fraction of sp³-hybridized carbons (Fsp3) is 0.909. The van der Waals surface area contributed by atoms with Gasteiger partial charge in [0.25, 0.3) is 0 Å². The van der Waals surface area contributed by atoms with Gasteiger partial charge in [0.15, 0.2) is 0 Å². The Kier molecular flexibility index (Phi) is 4.49. The van der Waals surface area contributed by atoms with Crippen molar-refractivity contribution in [3.05, 3.63) is 0 Å². The lowest BCUT2D eigenvalue weighted by molar-refractivity contribution is -0.126. The average molecular weight is 243 g/mol. The topological polar surface area (TPSA) is 44.4 Å². The molecule has 2 aliphatic heterocycles. The number of nitrogens with one attached hydrogen (secondary N) is 2. The molecule has 92 valence electrons. The van der Waals surface area contributed by atoms with Crippen LogP contribution in [0, 0.1) is 0 Å². The maximum atomic E-state index is 12.0. The van der Waals surface area contributed by atoms with E-state index in [0.717, 1.165) is 38.4 Å². The zero-order chi connectivity index (χ0) is 11.4. The highest BCUT2D eigenvalue weighted by atomic mass is 32.2. The number of nitrogens with zero attached hydrogens (tertiary/aromatic N) is 1. The molecule has 2 heterocycles. The van der Waals surface area contributed by atoms with Crippen molar-refractivity contribution in [1.29, 1.82) is 0 Å². The zero-order valence-corrected chi connectivity index (χ0v) is 10.7. The second-order valence-electron chi connectivity index (χ2n) is 4.53. The van der Waals surface area contributed by atoms with Gasteiger partial charge in [0.1, 0.15) is 0 Å². The van der Waals surface area contributed by atoms with Gasteiger partial charge in [-0.2, -0.15) is 11.8 Å². The van der Waals surface area contributed by atoms with Crippen LogP contribution in [0.2, 0.25) is 0 Å². The van der Waals surface area contributed by atoms with E-state index in [2.05, 4.69) is 15.5 Å². The molecule has 0 saturated carbocycles. The molecule has 5 heteroatoms. The van der Waals surface area contributed by atoms with Gasteiger partial charge in [-0.1, -0.05) is 0 Å². The second kappa shape index (κ2) is 5.89. The van der Waals surface area contributed by atoms with E-state index in [1.54, 1.807) is 0 Å². The molecule has 16 heavy (non-hydrogen) atoms. The van der Waals surface area contributed by atoms with Crippen molar-refractivity contribution in [2.45, 2.75) is 25.4 Å². The van der Waals surface area contributed by atoms with Gasteiger partial charge in [-0.25, -0.2) is 0 Å². The first-order valence-corrected chi connectivity index (χ1v) is 7.26. The number of hydrogen-bond acceptors (Lipinski definition) is 4. The molecule has 0 bridgehead atoms. The predicted molar refractivity (Wildman–Crippen MR) is 67.8 cm³/mol. The Bertz CT molecular complexity index is 237. The molecule has 0 aromatic carbocycles. The van der Waals surface area contributed by atoms with E-state index in [0.29, 0.717) is 6.04 Å². The van der Waals surface area contributed by atoms with Gasteiger partial charge in [0.2, 0.25) is 5.91 Å². The lowest BCUT2D eigenvalue weighted by atomic mass is 10.2. The molecule has 0 radical (unpaired) electrons. The highest BCUT2D eigenvalue weighted by molar-refractivity contribution is 7.99. The normalized spacial score (nSPS) is 28.9. The average Bonchev–Trinajstić information content (AvgIpc) is 2.82. The third-order valence-electron chi connectivity index (χ3n) is 3.35.